The monoisotopic (exact) mass is 290 g/mol. The van der Waals surface area contributed by atoms with E-state index in [0.29, 0.717) is 0 Å². The van der Waals surface area contributed by atoms with E-state index >= 15 is 0 Å². The molecule has 2 rings (SSSR count). The third-order valence-electron chi connectivity index (χ3n) is 2.44. The lowest BCUT2D eigenvalue weighted by molar-refractivity contribution is -0.274. The summed E-state index contributed by atoms with van der Waals surface area (Å²) in [6, 6.07) is 4.37. The van der Waals surface area contributed by atoms with Crippen LogP contribution in [0, 0.1) is 0 Å². The van der Waals surface area contributed by atoms with Crippen LogP contribution < -0.4 is 10.4 Å². The predicted molar refractivity (Wildman–Crippen MR) is 60.3 cm³/mol. The molecule has 2 aromatic rings. The first-order valence-corrected chi connectivity index (χ1v) is 5.31. The third kappa shape index (κ3) is 3.12. The van der Waals surface area contributed by atoms with E-state index in [1.807, 2.05) is 4.98 Å². The summed E-state index contributed by atoms with van der Waals surface area (Å²) in [6.45, 7) is 0. The molecule has 0 amide bonds. The number of aromatic hydroxyl groups is 1. The zero-order chi connectivity index (χ0) is 14.9. The van der Waals surface area contributed by atoms with Gasteiger partial charge in [-0.3, -0.25) is 4.98 Å². The first-order valence-electron chi connectivity index (χ1n) is 5.31. The number of aromatic amines is 2. The number of ether oxygens (including phenoxy) is 1. The maximum absolute atomic E-state index is 12.0. The number of halogens is 3. The van der Waals surface area contributed by atoms with Crippen molar-refractivity contribution in [3.63, 3.8) is 0 Å². The molecular weight excluding hydrogens is 281 g/mol. The molecule has 20 heavy (non-hydrogen) atoms. The Bertz CT molecular complexity index is 645. The van der Waals surface area contributed by atoms with Crippen molar-refractivity contribution >= 4 is 0 Å². The highest BCUT2D eigenvalue weighted by atomic mass is 19.4. The van der Waals surface area contributed by atoms with E-state index in [2.05, 4.69) is 9.72 Å². The topological polar surface area (TPSA) is 98.3 Å². The number of aliphatic hydroxyl groups excluding tert-OH is 1. The summed E-state index contributed by atoms with van der Waals surface area (Å²) in [5.74, 6) is -0.988. The second-order valence-corrected chi connectivity index (χ2v) is 3.86. The van der Waals surface area contributed by atoms with Crippen molar-refractivity contribution in [2.75, 3.05) is 0 Å². The van der Waals surface area contributed by atoms with Gasteiger partial charge in [-0.15, -0.1) is 13.2 Å². The van der Waals surface area contributed by atoms with Crippen LogP contribution in [0.1, 0.15) is 17.4 Å². The highest BCUT2D eigenvalue weighted by Gasteiger charge is 2.31. The van der Waals surface area contributed by atoms with Crippen molar-refractivity contribution in [1.29, 1.82) is 0 Å². The van der Waals surface area contributed by atoms with Gasteiger partial charge in [0.05, 0.1) is 0 Å². The lowest BCUT2D eigenvalue weighted by atomic mass is 10.1. The number of benzene rings is 1. The number of hydrogen-bond acceptors (Lipinski definition) is 4. The van der Waals surface area contributed by atoms with Gasteiger partial charge in [-0.05, 0) is 17.7 Å². The van der Waals surface area contributed by atoms with E-state index in [1.165, 1.54) is 12.1 Å². The summed E-state index contributed by atoms with van der Waals surface area (Å²) in [5, 5.41) is 19.2. The molecule has 108 valence electrons. The van der Waals surface area contributed by atoms with Gasteiger partial charge in [0.15, 0.2) is 0 Å². The number of H-pyrrole nitrogens is 2. The third-order valence-corrected chi connectivity index (χ3v) is 2.44. The minimum absolute atomic E-state index is 0.171. The van der Waals surface area contributed by atoms with E-state index in [0.717, 1.165) is 12.1 Å². The van der Waals surface area contributed by atoms with Gasteiger partial charge >= 0.3 is 12.1 Å². The van der Waals surface area contributed by atoms with Crippen LogP contribution in [0.4, 0.5) is 13.2 Å². The molecule has 4 N–H and O–H groups in total. The van der Waals surface area contributed by atoms with Gasteiger partial charge in [0, 0.05) is 0 Å². The average molecular weight is 290 g/mol. The quantitative estimate of drug-likeness (QED) is 0.686. The lowest BCUT2D eigenvalue weighted by Gasteiger charge is -2.12. The maximum Gasteiger partial charge on any atom is 0.573 e. The summed E-state index contributed by atoms with van der Waals surface area (Å²) in [6.07, 6.45) is -6.20. The van der Waals surface area contributed by atoms with Crippen LogP contribution in [0.3, 0.4) is 0 Å². The molecule has 0 saturated carbocycles. The molecule has 0 aliphatic carbocycles. The molecule has 1 unspecified atom stereocenters. The Morgan fingerprint density at radius 3 is 2.20 bits per heavy atom. The fourth-order valence-corrected chi connectivity index (χ4v) is 1.60. The largest absolute Gasteiger partial charge is 0.573 e. The molecule has 1 heterocycles. The van der Waals surface area contributed by atoms with Crippen molar-refractivity contribution in [2.24, 2.45) is 0 Å². The molecule has 0 spiro atoms. The summed E-state index contributed by atoms with van der Waals surface area (Å²) in [7, 11) is 0. The summed E-state index contributed by atoms with van der Waals surface area (Å²) < 4.78 is 39.6. The fraction of sp³-hybridized carbons (Fsp3) is 0.182. The molecule has 6 nitrogen and oxygen atoms in total. The molecule has 0 bridgehead atoms. The van der Waals surface area contributed by atoms with E-state index in [9.17, 15) is 28.2 Å². The Morgan fingerprint density at radius 1 is 1.15 bits per heavy atom. The van der Waals surface area contributed by atoms with Crippen molar-refractivity contribution in [1.82, 2.24) is 9.97 Å². The number of alkyl halides is 3. The van der Waals surface area contributed by atoms with Crippen LogP contribution in [0.5, 0.6) is 11.6 Å². The number of imidazole rings is 1. The first kappa shape index (κ1) is 14.0. The number of hydrogen-bond donors (Lipinski definition) is 4. The van der Waals surface area contributed by atoms with Crippen molar-refractivity contribution in [3.8, 4) is 11.6 Å². The van der Waals surface area contributed by atoms with Gasteiger partial charge in [0.1, 0.15) is 17.5 Å². The zero-order valence-corrected chi connectivity index (χ0v) is 9.73. The summed E-state index contributed by atoms with van der Waals surface area (Å²) in [5.41, 5.74) is -0.724. The van der Waals surface area contributed by atoms with E-state index in [4.69, 9.17) is 0 Å². The van der Waals surface area contributed by atoms with Gasteiger partial charge in [-0.2, -0.15) is 0 Å². The van der Waals surface area contributed by atoms with Crippen LogP contribution in [0.25, 0.3) is 0 Å². The van der Waals surface area contributed by atoms with Gasteiger partial charge in [-0.1, -0.05) is 12.1 Å². The Kier molecular flexibility index (Phi) is 3.45. The smallest absolute Gasteiger partial charge is 0.493 e. The molecule has 0 saturated heterocycles. The predicted octanol–water partition coefficient (Wildman–Crippen LogP) is 1.39. The Labute approximate surface area is 109 Å². The van der Waals surface area contributed by atoms with Gasteiger partial charge in [-0.25, -0.2) is 4.79 Å². The van der Waals surface area contributed by atoms with Crippen LogP contribution in [0.15, 0.2) is 29.1 Å². The van der Waals surface area contributed by atoms with Gasteiger partial charge < -0.3 is 19.9 Å². The highest BCUT2D eigenvalue weighted by Crippen LogP contribution is 2.28. The van der Waals surface area contributed by atoms with Crippen LogP contribution in [-0.4, -0.2) is 26.5 Å². The number of aliphatic hydroxyl groups is 1. The maximum atomic E-state index is 12.0. The van der Waals surface area contributed by atoms with E-state index in [-0.39, 0.29) is 11.3 Å². The van der Waals surface area contributed by atoms with Gasteiger partial charge in [0.25, 0.3) is 0 Å². The second kappa shape index (κ2) is 4.93. The summed E-state index contributed by atoms with van der Waals surface area (Å²) >= 11 is 0. The molecule has 9 heteroatoms. The van der Waals surface area contributed by atoms with Crippen molar-refractivity contribution in [3.05, 3.63) is 46.0 Å². The Morgan fingerprint density at radius 2 is 1.75 bits per heavy atom. The van der Waals surface area contributed by atoms with Crippen molar-refractivity contribution < 1.29 is 28.1 Å². The Hall–Kier alpha value is -2.42. The number of aromatic nitrogens is 2. The summed E-state index contributed by atoms with van der Waals surface area (Å²) in [4.78, 5) is 15.1. The average Bonchev–Trinajstić information content (AvgIpc) is 2.66. The molecular formula is C11H9F3N2O4. The van der Waals surface area contributed by atoms with Crippen LogP contribution in [0.2, 0.25) is 0 Å². The normalized spacial score (nSPS) is 13.2. The van der Waals surface area contributed by atoms with Crippen molar-refractivity contribution in [2.45, 2.75) is 12.5 Å². The van der Waals surface area contributed by atoms with Crippen LogP contribution in [-0.2, 0) is 0 Å². The zero-order valence-electron chi connectivity index (χ0n) is 9.73. The highest BCUT2D eigenvalue weighted by molar-refractivity contribution is 5.34. The first-order chi connectivity index (χ1) is 9.26. The molecule has 1 aromatic carbocycles. The molecule has 1 aromatic heterocycles. The van der Waals surface area contributed by atoms with Gasteiger partial charge in [0.2, 0.25) is 5.88 Å². The minimum Gasteiger partial charge on any atom is -0.493 e. The molecule has 0 radical (unpaired) electrons. The molecule has 1 atom stereocenters. The lowest BCUT2D eigenvalue weighted by Crippen LogP contribution is -2.17. The fourth-order valence-electron chi connectivity index (χ4n) is 1.60. The molecule has 0 aliphatic rings. The van der Waals surface area contributed by atoms with Crippen LogP contribution >= 0.6 is 0 Å². The number of nitrogens with one attached hydrogen (secondary N) is 2. The van der Waals surface area contributed by atoms with E-state index in [1.54, 1.807) is 0 Å². The van der Waals surface area contributed by atoms with E-state index < -0.39 is 29.8 Å². The Balaban J connectivity index is 2.21. The second-order valence-electron chi connectivity index (χ2n) is 3.86. The molecule has 0 aliphatic heterocycles. The molecule has 0 fully saturated rings. The SMILES string of the molecule is O=c1[nH]c(O)c(C(O)c2ccc(OC(F)(F)F)cc2)[nH]1. The minimum atomic E-state index is -4.80. The standard InChI is InChI=1S/C11H9F3N2O4/c12-11(13,14)20-6-3-1-5(2-4-6)8(17)7-9(18)16-10(19)15-7/h1-4,8,17-18H,(H2,15,16,19). The number of rotatable bonds is 3.